The lowest BCUT2D eigenvalue weighted by Crippen LogP contribution is -2.71. The Morgan fingerprint density at radius 2 is 2.09 bits per heavy atom. The molecule has 13 nitrogen and oxygen atoms in total. The number of allylic oxidation sites excluding steroid dienone is 2. The zero-order valence-corrected chi connectivity index (χ0v) is 20.0. The van der Waals surface area contributed by atoms with Gasteiger partial charge < -0.3 is 26.1 Å². The molecule has 0 aromatic carbocycles. The minimum atomic E-state index is -1.76. The number of rotatable bonds is 9. The van der Waals surface area contributed by atoms with Crippen LogP contribution in [0.15, 0.2) is 28.6 Å². The van der Waals surface area contributed by atoms with Crippen molar-refractivity contribution >= 4 is 57.9 Å². The van der Waals surface area contributed by atoms with E-state index >= 15 is 0 Å². The van der Waals surface area contributed by atoms with Crippen LogP contribution in [0.2, 0.25) is 0 Å². The summed E-state index contributed by atoms with van der Waals surface area (Å²) in [5.74, 6) is -3.96. The van der Waals surface area contributed by atoms with Crippen LogP contribution in [-0.4, -0.2) is 76.7 Å². The standard InChI is InChI=1S/C19H22N6O7S2/c1-4-5-6-8-7-33-15-10(14(27)25(15)11(8)16(28)29)21-13(26)9(12-22-18(20)34-24-12)23-32-19(2,3)17(30)31/h5-6,10,15H,4,7H2,1-3H3,(H,21,26)(H,28,29)(H,30,31)(H2,20,22,24)/b6-5+,23-9-/t10-,15?/m1/s1. The van der Waals surface area contributed by atoms with Crippen molar-refractivity contribution in [3.63, 3.8) is 0 Å². The molecule has 3 rings (SSSR count). The zero-order chi connectivity index (χ0) is 25.2. The van der Waals surface area contributed by atoms with Gasteiger partial charge in [-0.25, -0.2) is 9.59 Å². The number of hydrogen-bond donors (Lipinski definition) is 4. The number of hydrogen-bond acceptors (Lipinski definition) is 11. The summed E-state index contributed by atoms with van der Waals surface area (Å²) in [5, 5.41) is 24.4. The third kappa shape index (κ3) is 4.89. The number of amides is 2. The van der Waals surface area contributed by atoms with Crippen LogP contribution >= 0.6 is 23.3 Å². The number of anilines is 1. The monoisotopic (exact) mass is 510 g/mol. The van der Waals surface area contributed by atoms with Gasteiger partial charge in [0.15, 0.2) is 5.13 Å². The van der Waals surface area contributed by atoms with Crippen LogP contribution in [0.25, 0.3) is 0 Å². The van der Waals surface area contributed by atoms with E-state index in [4.69, 9.17) is 10.6 Å². The van der Waals surface area contributed by atoms with Crippen LogP contribution in [0, 0.1) is 0 Å². The summed E-state index contributed by atoms with van der Waals surface area (Å²) in [5.41, 5.74) is 3.71. The molecule has 0 spiro atoms. The summed E-state index contributed by atoms with van der Waals surface area (Å²) < 4.78 is 3.90. The Labute approximate surface area is 201 Å². The molecule has 1 saturated heterocycles. The van der Waals surface area contributed by atoms with Gasteiger partial charge in [0.1, 0.15) is 17.1 Å². The maximum atomic E-state index is 13.0. The highest BCUT2D eigenvalue weighted by atomic mass is 32.2. The van der Waals surface area contributed by atoms with E-state index in [1.807, 2.05) is 6.92 Å². The number of aliphatic carboxylic acids is 2. The normalized spacial score (nSPS) is 20.7. The van der Waals surface area contributed by atoms with Gasteiger partial charge in [-0.15, -0.1) is 11.8 Å². The molecule has 0 radical (unpaired) electrons. The Kier molecular flexibility index (Phi) is 7.26. The number of carbonyl (C=O) groups is 4. The van der Waals surface area contributed by atoms with Gasteiger partial charge in [-0.3, -0.25) is 14.5 Å². The third-order valence-electron chi connectivity index (χ3n) is 4.79. The molecule has 0 aliphatic carbocycles. The molecule has 1 unspecified atom stereocenters. The maximum absolute atomic E-state index is 13.0. The number of carboxylic acid groups (broad SMARTS) is 2. The topological polar surface area (TPSA) is 197 Å². The Morgan fingerprint density at radius 3 is 2.65 bits per heavy atom. The first-order chi connectivity index (χ1) is 16.0. The van der Waals surface area contributed by atoms with Gasteiger partial charge in [-0.05, 0) is 25.8 Å². The van der Waals surface area contributed by atoms with Crippen molar-refractivity contribution in [2.45, 2.75) is 44.2 Å². The average Bonchev–Trinajstić information content (AvgIpc) is 3.20. The van der Waals surface area contributed by atoms with Gasteiger partial charge in [-0.2, -0.15) is 9.36 Å². The van der Waals surface area contributed by atoms with Crippen LogP contribution in [0.3, 0.4) is 0 Å². The fraction of sp³-hybridized carbons (Fsp3) is 0.421. The number of oxime groups is 1. The van der Waals surface area contributed by atoms with Crippen molar-refractivity contribution in [3.8, 4) is 0 Å². The van der Waals surface area contributed by atoms with Crippen molar-refractivity contribution in [1.29, 1.82) is 0 Å². The molecule has 2 aliphatic rings. The van der Waals surface area contributed by atoms with Gasteiger partial charge in [0.05, 0.1) is 0 Å². The Balaban J connectivity index is 1.84. The van der Waals surface area contributed by atoms with Crippen LogP contribution in [0.5, 0.6) is 0 Å². The van der Waals surface area contributed by atoms with E-state index < -0.39 is 46.5 Å². The Bertz CT molecular complexity index is 1130. The molecular formula is C19H22N6O7S2. The molecule has 2 aliphatic heterocycles. The lowest BCUT2D eigenvalue weighted by Gasteiger charge is -2.49. The number of nitrogens with one attached hydrogen (secondary N) is 1. The first-order valence-corrected chi connectivity index (χ1v) is 11.8. The van der Waals surface area contributed by atoms with Crippen molar-refractivity contribution in [2.24, 2.45) is 5.16 Å². The van der Waals surface area contributed by atoms with Crippen LogP contribution < -0.4 is 11.1 Å². The lowest BCUT2D eigenvalue weighted by molar-refractivity contribution is -0.161. The summed E-state index contributed by atoms with van der Waals surface area (Å²) in [4.78, 5) is 59.0. The van der Waals surface area contributed by atoms with Crippen molar-refractivity contribution in [1.82, 2.24) is 19.6 Å². The smallest absolute Gasteiger partial charge is 0.352 e. The molecule has 15 heteroatoms. The van der Waals surface area contributed by atoms with Crippen LogP contribution in [-0.2, 0) is 24.0 Å². The second-order valence-corrected chi connectivity index (χ2v) is 9.54. The first-order valence-electron chi connectivity index (χ1n) is 9.95. The number of aromatic nitrogens is 2. The van der Waals surface area contributed by atoms with Gasteiger partial charge in [0.2, 0.25) is 17.1 Å². The number of fused-ring (bicyclic) bond motifs is 1. The summed E-state index contributed by atoms with van der Waals surface area (Å²) in [6, 6.07) is -1.04. The van der Waals surface area contributed by atoms with Crippen LogP contribution in [0.1, 0.15) is 33.0 Å². The van der Waals surface area contributed by atoms with E-state index in [0.29, 0.717) is 17.7 Å². The molecule has 34 heavy (non-hydrogen) atoms. The van der Waals surface area contributed by atoms with Gasteiger partial charge >= 0.3 is 11.9 Å². The van der Waals surface area contributed by atoms with E-state index in [1.165, 1.54) is 25.6 Å². The summed E-state index contributed by atoms with van der Waals surface area (Å²) in [7, 11) is 0. The number of nitrogen functional groups attached to an aromatic ring is 1. The molecule has 1 aromatic rings. The molecule has 1 fully saturated rings. The summed E-state index contributed by atoms with van der Waals surface area (Å²) in [6.07, 6.45) is 4.18. The SMILES string of the molecule is CC/C=C/C1=C(C(=O)O)N2C(=O)[C@@H](NC(=O)/C(=N\OC(C)(C)C(=O)O)c3nsc(N)n3)C2SC1. The fourth-order valence-electron chi connectivity index (χ4n) is 2.95. The highest BCUT2D eigenvalue weighted by Crippen LogP contribution is 2.40. The van der Waals surface area contributed by atoms with E-state index in [0.717, 1.165) is 16.4 Å². The first kappa shape index (κ1) is 25.2. The predicted molar refractivity (Wildman–Crippen MR) is 123 cm³/mol. The maximum Gasteiger partial charge on any atom is 0.352 e. The molecule has 2 amide bonds. The second kappa shape index (κ2) is 9.80. The van der Waals surface area contributed by atoms with E-state index in [2.05, 4.69) is 19.8 Å². The van der Waals surface area contributed by atoms with Crippen molar-refractivity contribution in [2.75, 3.05) is 11.5 Å². The number of thioether (sulfide) groups is 1. The molecule has 1 aromatic heterocycles. The second-order valence-electron chi connectivity index (χ2n) is 7.65. The summed E-state index contributed by atoms with van der Waals surface area (Å²) >= 11 is 2.08. The number of carbonyl (C=O) groups excluding carboxylic acids is 2. The molecule has 0 bridgehead atoms. The Morgan fingerprint density at radius 1 is 1.38 bits per heavy atom. The summed E-state index contributed by atoms with van der Waals surface area (Å²) in [6.45, 7) is 4.36. The van der Waals surface area contributed by atoms with Crippen molar-refractivity contribution < 1.29 is 34.2 Å². The largest absolute Gasteiger partial charge is 0.478 e. The zero-order valence-electron chi connectivity index (χ0n) is 18.3. The van der Waals surface area contributed by atoms with Crippen LogP contribution in [0.4, 0.5) is 5.13 Å². The molecule has 2 atom stereocenters. The minimum Gasteiger partial charge on any atom is -0.478 e. The molecule has 3 heterocycles. The molecule has 182 valence electrons. The fourth-order valence-corrected chi connectivity index (χ4v) is 4.71. The number of β-lactam (4-membered cyclic amide) rings is 1. The minimum absolute atomic E-state index is 0.0330. The number of nitrogens with zero attached hydrogens (tertiary/aromatic N) is 4. The van der Waals surface area contributed by atoms with Crippen molar-refractivity contribution in [3.05, 3.63) is 29.2 Å². The van der Waals surface area contributed by atoms with E-state index in [9.17, 15) is 29.4 Å². The molecule has 0 saturated carbocycles. The third-order valence-corrected chi connectivity index (χ3v) is 6.64. The van der Waals surface area contributed by atoms with Gasteiger partial charge in [0.25, 0.3) is 11.8 Å². The highest BCUT2D eigenvalue weighted by Gasteiger charge is 2.54. The highest BCUT2D eigenvalue weighted by molar-refractivity contribution is 8.00. The van der Waals surface area contributed by atoms with E-state index in [1.54, 1.807) is 12.2 Å². The average molecular weight is 511 g/mol. The predicted octanol–water partition coefficient (Wildman–Crippen LogP) is 0.409. The molecule has 5 N–H and O–H groups in total. The lowest BCUT2D eigenvalue weighted by atomic mass is 10.0. The number of nitrogens with two attached hydrogens (primary N) is 1. The number of carboxylic acids is 2. The van der Waals surface area contributed by atoms with Gasteiger partial charge in [-0.1, -0.05) is 24.2 Å². The quantitative estimate of drug-likeness (QED) is 0.204. The molecular weight excluding hydrogens is 488 g/mol. The Hall–Kier alpha value is -3.46. The van der Waals surface area contributed by atoms with E-state index in [-0.39, 0.29) is 16.7 Å². The van der Waals surface area contributed by atoms with Gasteiger partial charge in [0, 0.05) is 17.3 Å².